The largest absolute Gasteiger partial charge is 0.487 e. The van der Waals surface area contributed by atoms with Crippen LogP contribution >= 0.6 is 43.6 Å². The van der Waals surface area contributed by atoms with E-state index in [2.05, 4.69) is 61.5 Å². The number of nitro benzene ring substituents is 1. The van der Waals surface area contributed by atoms with E-state index in [0.29, 0.717) is 10.7 Å². The molecule has 0 spiro atoms. The van der Waals surface area contributed by atoms with Crippen LogP contribution in [0.15, 0.2) is 74.5 Å². The van der Waals surface area contributed by atoms with Crippen LogP contribution in [-0.2, 0) is 17.8 Å². The molecule has 1 aliphatic rings. The highest BCUT2D eigenvalue weighted by atomic mass is 79.9. The van der Waals surface area contributed by atoms with E-state index >= 15 is 0 Å². The molecule has 0 aliphatic carbocycles. The lowest BCUT2D eigenvalue weighted by atomic mass is 10.1. The second-order valence-corrected chi connectivity index (χ2v) is 10.6. The Hall–Kier alpha value is -2.82. The van der Waals surface area contributed by atoms with Gasteiger partial charge in [0.05, 0.1) is 18.8 Å². The van der Waals surface area contributed by atoms with Gasteiger partial charge in [-0.05, 0) is 97.4 Å². The van der Waals surface area contributed by atoms with Crippen LogP contribution in [0.3, 0.4) is 0 Å². The lowest BCUT2D eigenvalue weighted by molar-refractivity contribution is -0.384. The van der Waals surface area contributed by atoms with Gasteiger partial charge in [-0.1, -0.05) is 30.8 Å². The number of hydrogen-bond donors (Lipinski definition) is 2. The van der Waals surface area contributed by atoms with Gasteiger partial charge < -0.3 is 15.4 Å². The molecule has 1 heterocycles. The minimum atomic E-state index is -0.435. The maximum absolute atomic E-state index is 12.5. The van der Waals surface area contributed by atoms with Crippen molar-refractivity contribution < 1.29 is 14.5 Å². The molecule has 0 radical (unpaired) electrons. The number of aryl methyl sites for hydroxylation is 1. The highest BCUT2D eigenvalue weighted by Gasteiger charge is 2.27. The molecule has 4 rings (SSSR count). The summed E-state index contributed by atoms with van der Waals surface area (Å²) in [4.78, 5) is 23.5. The topological polar surface area (TPSA) is 93.5 Å². The van der Waals surface area contributed by atoms with Gasteiger partial charge in [-0.2, -0.15) is 0 Å². The molecule has 3 aromatic rings. The quantitative estimate of drug-likeness (QED) is 0.163. The summed E-state index contributed by atoms with van der Waals surface area (Å²) in [6, 6.07) is 18.1. The molecule has 1 aliphatic heterocycles. The van der Waals surface area contributed by atoms with Gasteiger partial charge in [-0.15, -0.1) is 0 Å². The molecule has 7 nitrogen and oxygen atoms in total. The molecule has 1 atom stereocenters. The minimum Gasteiger partial charge on any atom is -0.487 e. The van der Waals surface area contributed by atoms with Crippen LogP contribution < -0.4 is 15.4 Å². The number of carbonyl (C=O) groups is 1. The second-order valence-electron chi connectivity index (χ2n) is 7.70. The lowest BCUT2D eigenvalue weighted by Crippen LogP contribution is -2.30. The van der Waals surface area contributed by atoms with E-state index in [4.69, 9.17) is 4.74 Å². The number of halogens is 2. The van der Waals surface area contributed by atoms with Crippen LogP contribution in [0.4, 0.5) is 11.4 Å². The smallest absolute Gasteiger partial charge is 0.269 e. The van der Waals surface area contributed by atoms with Crippen molar-refractivity contribution in [1.82, 2.24) is 5.32 Å². The molecule has 180 valence electrons. The van der Waals surface area contributed by atoms with Crippen LogP contribution in [0.5, 0.6) is 5.75 Å². The third-order valence-corrected chi connectivity index (χ3v) is 7.45. The molecular formula is C25H21Br2N3O4S. The summed E-state index contributed by atoms with van der Waals surface area (Å²) in [5.41, 5.74) is 3.63. The minimum absolute atomic E-state index is 0.0363. The zero-order valence-corrected chi connectivity index (χ0v) is 22.6. The molecule has 1 amide bonds. The monoisotopic (exact) mass is 617 g/mol. The van der Waals surface area contributed by atoms with E-state index in [1.807, 2.05) is 30.3 Å². The molecule has 2 N–H and O–H groups in total. The summed E-state index contributed by atoms with van der Waals surface area (Å²) >= 11 is 8.51. The third kappa shape index (κ3) is 6.45. The Morgan fingerprint density at radius 1 is 1.09 bits per heavy atom. The van der Waals surface area contributed by atoms with Crippen molar-refractivity contribution in [2.75, 3.05) is 5.32 Å². The van der Waals surface area contributed by atoms with Gasteiger partial charge in [0.15, 0.2) is 5.50 Å². The summed E-state index contributed by atoms with van der Waals surface area (Å²) in [5.74, 6) is 0.465. The number of nitrogens with zero attached hydrogens (tertiary/aromatic N) is 1. The van der Waals surface area contributed by atoms with Crippen molar-refractivity contribution >= 4 is 67.0 Å². The first kappa shape index (κ1) is 25.3. The van der Waals surface area contributed by atoms with Gasteiger partial charge in [0, 0.05) is 17.8 Å². The van der Waals surface area contributed by atoms with Crippen LogP contribution in [0, 0.1) is 10.1 Å². The van der Waals surface area contributed by atoms with Crippen molar-refractivity contribution in [3.63, 3.8) is 0 Å². The summed E-state index contributed by atoms with van der Waals surface area (Å²) < 4.78 is 7.36. The highest BCUT2D eigenvalue weighted by Crippen LogP contribution is 2.37. The number of anilines is 1. The van der Waals surface area contributed by atoms with Crippen molar-refractivity contribution in [2.24, 2.45) is 0 Å². The number of nitrogens with one attached hydrogen (secondary N) is 2. The van der Waals surface area contributed by atoms with Gasteiger partial charge >= 0.3 is 0 Å². The molecule has 0 saturated carbocycles. The van der Waals surface area contributed by atoms with Crippen molar-refractivity contribution in [1.29, 1.82) is 0 Å². The first-order chi connectivity index (χ1) is 16.8. The molecule has 0 aromatic heterocycles. The van der Waals surface area contributed by atoms with Gasteiger partial charge in [0.1, 0.15) is 12.4 Å². The normalized spacial score (nSPS) is 16.3. The Morgan fingerprint density at radius 2 is 1.71 bits per heavy atom. The van der Waals surface area contributed by atoms with E-state index in [0.717, 1.165) is 32.2 Å². The number of benzene rings is 3. The number of nitro groups is 1. The average Bonchev–Trinajstić information content (AvgIpc) is 3.17. The maximum atomic E-state index is 12.5. The number of thioether (sulfide) groups is 1. The summed E-state index contributed by atoms with van der Waals surface area (Å²) in [6.07, 6.45) is 2.81. The summed E-state index contributed by atoms with van der Waals surface area (Å²) in [6.45, 7) is 2.36. The molecule has 10 heteroatoms. The number of hydrogen-bond acceptors (Lipinski definition) is 6. The molecule has 0 bridgehead atoms. The SMILES string of the molecule is CCc1ccc(N[C@@H]2NC(=O)/C(=C/c3cc(Br)c(OCc4ccc([N+](=O)[O-])cc4)c(Br)c3)S2)cc1. The highest BCUT2D eigenvalue weighted by molar-refractivity contribution is 9.11. The maximum Gasteiger partial charge on any atom is 0.269 e. The fourth-order valence-electron chi connectivity index (χ4n) is 3.37. The van der Waals surface area contributed by atoms with E-state index < -0.39 is 4.92 Å². The average molecular weight is 619 g/mol. The Labute approximate surface area is 223 Å². The Bertz CT molecular complexity index is 1260. The fraction of sp³-hybridized carbons (Fsp3) is 0.160. The predicted octanol–water partition coefficient (Wildman–Crippen LogP) is 6.86. The van der Waals surface area contributed by atoms with Gasteiger partial charge in [0.25, 0.3) is 11.6 Å². The standard InChI is InChI=1S/C25H21Br2N3O4S/c1-2-15-3-7-18(8-4-15)28-25-29-24(31)22(35-25)13-17-11-20(26)23(21(27)12-17)34-14-16-5-9-19(10-6-16)30(32)33/h3-13,25,28H,2,14H2,1H3,(H,29,31)/b22-13-/t25-/m1/s1. The van der Waals surface area contributed by atoms with E-state index in [1.54, 1.807) is 12.1 Å². The molecule has 3 aromatic carbocycles. The van der Waals surface area contributed by atoms with Gasteiger partial charge in [-0.3, -0.25) is 14.9 Å². The first-order valence-electron chi connectivity index (χ1n) is 10.7. The van der Waals surface area contributed by atoms with Crippen LogP contribution in [0.1, 0.15) is 23.6 Å². The van der Waals surface area contributed by atoms with E-state index in [9.17, 15) is 14.9 Å². The predicted molar refractivity (Wildman–Crippen MR) is 146 cm³/mol. The zero-order valence-electron chi connectivity index (χ0n) is 18.6. The number of rotatable bonds is 8. The lowest BCUT2D eigenvalue weighted by Gasteiger charge is -2.13. The van der Waals surface area contributed by atoms with Crippen molar-refractivity contribution in [3.8, 4) is 5.75 Å². The second kappa shape index (κ2) is 11.3. The zero-order chi connectivity index (χ0) is 24.9. The van der Waals surface area contributed by atoms with Crippen molar-refractivity contribution in [3.05, 3.63) is 101 Å². The molecule has 35 heavy (non-hydrogen) atoms. The van der Waals surface area contributed by atoms with E-state index in [-0.39, 0.29) is 23.7 Å². The summed E-state index contributed by atoms with van der Waals surface area (Å²) in [7, 11) is 0. The molecule has 0 unspecified atom stereocenters. The van der Waals surface area contributed by atoms with Gasteiger partial charge in [0.2, 0.25) is 0 Å². The fourth-order valence-corrected chi connectivity index (χ4v) is 5.81. The van der Waals surface area contributed by atoms with Gasteiger partial charge in [-0.25, -0.2) is 0 Å². The van der Waals surface area contributed by atoms with Crippen LogP contribution in [0.2, 0.25) is 0 Å². The third-order valence-electron chi connectivity index (χ3n) is 5.24. The van der Waals surface area contributed by atoms with Crippen LogP contribution in [0.25, 0.3) is 6.08 Å². The van der Waals surface area contributed by atoms with Crippen molar-refractivity contribution in [2.45, 2.75) is 25.4 Å². The molecule has 1 fully saturated rings. The number of carbonyl (C=O) groups excluding carboxylic acids is 1. The Kier molecular flexibility index (Phi) is 8.15. The number of amides is 1. The Morgan fingerprint density at radius 3 is 2.31 bits per heavy atom. The number of ether oxygens (including phenoxy) is 1. The summed E-state index contributed by atoms with van der Waals surface area (Å²) in [5, 5.41) is 17.1. The molecular weight excluding hydrogens is 598 g/mol. The first-order valence-corrected chi connectivity index (χ1v) is 13.2. The Balaban J connectivity index is 1.42. The number of non-ortho nitro benzene ring substituents is 1. The molecule has 1 saturated heterocycles. The van der Waals surface area contributed by atoms with E-state index in [1.165, 1.54) is 29.5 Å². The van der Waals surface area contributed by atoms with Crippen LogP contribution in [-0.4, -0.2) is 16.3 Å².